The zero-order chi connectivity index (χ0) is 11.8. The molecule has 5 heteroatoms. The fourth-order valence-electron chi connectivity index (χ4n) is 1.81. The number of nitrogens with one attached hydrogen (secondary N) is 1. The molecule has 0 bridgehead atoms. The van der Waals surface area contributed by atoms with Crippen LogP contribution >= 0.6 is 12.2 Å². The molecule has 1 aromatic carbocycles. The highest BCUT2D eigenvalue weighted by atomic mass is 32.1. The Labute approximate surface area is 102 Å². The standard InChI is InChI=1S/C12H9N3OS/c1-7-6-10(11-14-12(17)16-15-11)13-9-5-3-2-4-8(7)9/h2-6H,1H3,(H,14,15,17). The van der Waals surface area contributed by atoms with Gasteiger partial charge in [0.1, 0.15) is 5.69 Å². The zero-order valence-corrected chi connectivity index (χ0v) is 9.91. The molecule has 17 heavy (non-hydrogen) atoms. The van der Waals surface area contributed by atoms with Gasteiger partial charge in [-0.1, -0.05) is 18.2 Å². The maximum absolute atomic E-state index is 4.91. The summed E-state index contributed by atoms with van der Waals surface area (Å²) in [5, 5.41) is 3.80. The van der Waals surface area contributed by atoms with Crippen LogP contribution in [0.25, 0.3) is 22.4 Å². The van der Waals surface area contributed by atoms with Crippen LogP contribution in [0, 0.1) is 11.8 Å². The molecule has 0 aliphatic heterocycles. The van der Waals surface area contributed by atoms with E-state index in [9.17, 15) is 0 Å². The van der Waals surface area contributed by atoms with Gasteiger partial charge in [0, 0.05) is 5.39 Å². The van der Waals surface area contributed by atoms with Crippen molar-refractivity contribution in [2.45, 2.75) is 6.92 Å². The third-order valence-corrected chi connectivity index (χ3v) is 2.78. The molecule has 0 aliphatic carbocycles. The average molecular weight is 243 g/mol. The summed E-state index contributed by atoms with van der Waals surface area (Å²) in [6, 6.07) is 9.95. The van der Waals surface area contributed by atoms with E-state index in [1.807, 2.05) is 37.3 Å². The van der Waals surface area contributed by atoms with Crippen molar-refractivity contribution in [2.24, 2.45) is 0 Å². The van der Waals surface area contributed by atoms with Gasteiger partial charge in [0.2, 0.25) is 0 Å². The molecule has 0 atom stereocenters. The van der Waals surface area contributed by atoms with Crippen molar-refractivity contribution in [1.29, 1.82) is 0 Å². The van der Waals surface area contributed by atoms with E-state index in [-0.39, 0.29) is 4.84 Å². The van der Waals surface area contributed by atoms with Crippen molar-refractivity contribution in [1.82, 2.24) is 15.1 Å². The highest BCUT2D eigenvalue weighted by Crippen LogP contribution is 2.21. The largest absolute Gasteiger partial charge is 0.348 e. The maximum Gasteiger partial charge on any atom is 0.314 e. The molecule has 0 aliphatic rings. The summed E-state index contributed by atoms with van der Waals surface area (Å²) in [6.07, 6.45) is 0. The minimum Gasteiger partial charge on any atom is -0.348 e. The highest BCUT2D eigenvalue weighted by Gasteiger charge is 2.07. The number of hydrogen-bond donors (Lipinski definition) is 1. The summed E-state index contributed by atoms with van der Waals surface area (Å²) in [6.45, 7) is 2.04. The maximum atomic E-state index is 4.91. The van der Waals surface area contributed by atoms with E-state index in [0.29, 0.717) is 5.82 Å². The van der Waals surface area contributed by atoms with Crippen molar-refractivity contribution in [3.05, 3.63) is 40.7 Å². The monoisotopic (exact) mass is 243 g/mol. The Kier molecular flexibility index (Phi) is 2.26. The number of aromatic amines is 1. The molecule has 0 radical (unpaired) electrons. The topological polar surface area (TPSA) is 54.7 Å². The number of aromatic nitrogens is 3. The second-order valence-corrected chi connectivity index (χ2v) is 4.12. The van der Waals surface area contributed by atoms with Crippen molar-refractivity contribution in [2.75, 3.05) is 0 Å². The molecular weight excluding hydrogens is 234 g/mol. The number of pyridine rings is 1. The van der Waals surface area contributed by atoms with Gasteiger partial charge in [0.25, 0.3) is 0 Å². The Morgan fingerprint density at radius 3 is 2.82 bits per heavy atom. The first-order valence-electron chi connectivity index (χ1n) is 5.16. The Morgan fingerprint density at radius 2 is 2.06 bits per heavy atom. The molecule has 2 aromatic heterocycles. The Morgan fingerprint density at radius 1 is 1.24 bits per heavy atom. The predicted octanol–water partition coefficient (Wildman–Crippen LogP) is 3.26. The molecule has 0 amide bonds. The Bertz CT molecular complexity index is 745. The normalized spacial score (nSPS) is 10.9. The molecule has 0 saturated heterocycles. The zero-order valence-electron chi connectivity index (χ0n) is 9.10. The number of para-hydroxylation sites is 1. The van der Waals surface area contributed by atoms with E-state index < -0.39 is 0 Å². The van der Waals surface area contributed by atoms with Gasteiger partial charge in [-0.15, -0.1) is 0 Å². The summed E-state index contributed by atoms with van der Waals surface area (Å²) < 4.78 is 4.91. The highest BCUT2D eigenvalue weighted by molar-refractivity contribution is 7.71. The van der Waals surface area contributed by atoms with Crippen LogP contribution in [-0.2, 0) is 0 Å². The fourth-order valence-corrected chi connectivity index (χ4v) is 1.94. The second-order valence-electron chi connectivity index (χ2n) is 3.77. The number of benzene rings is 1. The minimum atomic E-state index is 0.188. The summed E-state index contributed by atoms with van der Waals surface area (Å²) in [5.74, 6) is 0.559. The molecule has 84 valence electrons. The van der Waals surface area contributed by atoms with Crippen molar-refractivity contribution in [3.8, 4) is 11.5 Å². The lowest BCUT2D eigenvalue weighted by Crippen LogP contribution is -1.89. The van der Waals surface area contributed by atoms with Gasteiger partial charge in [-0.05, 0) is 36.8 Å². The lowest BCUT2D eigenvalue weighted by molar-refractivity contribution is 0.406. The predicted molar refractivity (Wildman–Crippen MR) is 67.2 cm³/mol. The van der Waals surface area contributed by atoms with E-state index in [4.69, 9.17) is 16.7 Å². The molecule has 3 rings (SSSR count). The molecule has 4 nitrogen and oxygen atoms in total. The van der Waals surface area contributed by atoms with Crippen LogP contribution in [0.5, 0.6) is 0 Å². The van der Waals surface area contributed by atoms with Crippen LogP contribution in [0.3, 0.4) is 0 Å². The van der Waals surface area contributed by atoms with Crippen LogP contribution in [0.4, 0.5) is 0 Å². The van der Waals surface area contributed by atoms with Gasteiger partial charge >= 0.3 is 4.84 Å². The fraction of sp³-hybridized carbons (Fsp3) is 0.0833. The first kappa shape index (κ1) is 10.2. The van der Waals surface area contributed by atoms with Gasteiger partial charge in [-0.3, -0.25) is 0 Å². The lowest BCUT2D eigenvalue weighted by Gasteiger charge is -2.03. The van der Waals surface area contributed by atoms with Crippen molar-refractivity contribution >= 4 is 23.1 Å². The van der Waals surface area contributed by atoms with Gasteiger partial charge in [0.05, 0.1) is 5.52 Å². The van der Waals surface area contributed by atoms with Crippen LogP contribution in [0.1, 0.15) is 5.56 Å². The van der Waals surface area contributed by atoms with Crippen LogP contribution in [0.2, 0.25) is 0 Å². The van der Waals surface area contributed by atoms with Gasteiger partial charge in [-0.2, -0.15) is 10.1 Å². The van der Waals surface area contributed by atoms with E-state index in [1.165, 1.54) is 0 Å². The molecule has 0 saturated carbocycles. The van der Waals surface area contributed by atoms with Gasteiger partial charge in [-0.25, -0.2) is 4.98 Å². The number of H-pyrrole nitrogens is 1. The van der Waals surface area contributed by atoms with E-state index >= 15 is 0 Å². The van der Waals surface area contributed by atoms with E-state index in [2.05, 4.69) is 15.1 Å². The SMILES string of the molecule is Cc1cc(-c2nc(=S)o[nH]2)nc2ccccc12. The molecule has 0 fully saturated rings. The number of nitrogens with zero attached hydrogens (tertiary/aromatic N) is 2. The first-order chi connectivity index (χ1) is 8.24. The first-order valence-corrected chi connectivity index (χ1v) is 5.57. The third-order valence-electron chi connectivity index (χ3n) is 2.60. The van der Waals surface area contributed by atoms with E-state index in [1.54, 1.807) is 0 Å². The van der Waals surface area contributed by atoms with Crippen LogP contribution in [0.15, 0.2) is 34.9 Å². The quantitative estimate of drug-likeness (QED) is 0.666. The van der Waals surface area contributed by atoms with Crippen LogP contribution < -0.4 is 0 Å². The molecule has 1 N–H and O–H groups in total. The minimum absolute atomic E-state index is 0.188. The summed E-state index contributed by atoms with van der Waals surface area (Å²) in [5.41, 5.74) is 2.82. The number of rotatable bonds is 1. The molecule has 0 spiro atoms. The van der Waals surface area contributed by atoms with Gasteiger partial charge in [0.15, 0.2) is 5.82 Å². The smallest absolute Gasteiger partial charge is 0.314 e. The van der Waals surface area contributed by atoms with E-state index in [0.717, 1.165) is 22.2 Å². The summed E-state index contributed by atoms with van der Waals surface area (Å²) >= 11 is 4.82. The number of aryl methyl sites for hydroxylation is 1. The molecule has 2 heterocycles. The van der Waals surface area contributed by atoms with Crippen LogP contribution in [-0.4, -0.2) is 15.1 Å². The van der Waals surface area contributed by atoms with Crippen molar-refractivity contribution in [3.63, 3.8) is 0 Å². The van der Waals surface area contributed by atoms with Gasteiger partial charge < -0.3 is 4.52 Å². The molecule has 3 aromatic rings. The Balaban J connectivity index is 2.28. The molecule has 0 unspecified atom stereocenters. The summed E-state index contributed by atoms with van der Waals surface area (Å²) in [7, 11) is 0. The number of fused-ring (bicyclic) bond motifs is 1. The average Bonchev–Trinajstić information content (AvgIpc) is 2.76. The molecular formula is C12H9N3OS. The summed E-state index contributed by atoms with van der Waals surface area (Å²) in [4.78, 5) is 8.77. The second kappa shape index (κ2) is 3.78. The Hall–Kier alpha value is -2.01. The lowest BCUT2D eigenvalue weighted by atomic mass is 10.1. The third kappa shape index (κ3) is 1.74. The van der Waals surface area contributed by atoms with Crippen molar-refractivity contribution < 1.29 is 4.52 Å². The number of hydrogen-bond acceptors (Lipinski definition) is 4.